The Hall–Kier alpha value is -0.980. The van der Waals surface area contributed by atoms with Crippen molar-refractivity contribution in [3.8, 4) is 0 Å². The first-order valence-corrected chi connectivity index (χ1v) is 8.15. The fourth-order valence-corrected chi connectivity index (χ4v) is 4.15. The Morgan fingerprint density at radius 3 is 2.55 bits per heavy atom. The summed E-state index contributed by atoms with van der Waals surface area (Å²) in [6, 6.07) is 6.19. The van der Waals surface area contributed by atoms with E-state index in [1.165, 1.54) is 16.4 Å². The molecule has 0 aliphatic carbocycles. The maximum Gasteiger partial charge on any atom is 0.216 e. The summed E-state index contributed by atoms with van der Waals surface area (Å²) in [7, 11) is -0.188. The minimum absolute atomic E-state index is 0.0957. The van der Waals surface area contributed by atoms with Gasteiger partial charge in [0.25, 0.3) is 0 Å². The number of halogens is 1. The smallest absolute Gasteiger partial charge is 0.216 e. The Kier molecular flexibility index (Phi) is 4.78. The highest BCUT2D eigenvalue weighted by atomic mass is 32.2. The fourth-order valence-electron chi connectivity index (χ4n) is 2.55. The zero-order valence-corrected chi connectivity index (χ0v) is 12.6. The molecular weight excluding hydrogens is 281 g/mol. The molecule has 1 heterocycles. The average Bonchev–Trinajstić information content (AvgIpc) is 2.41. The van der Waals surface area contributed by atoms with Crippen molar-refractivity contribution in [2.45, 2.75) is 18.1 Å². The molecular formula is C14H20FNO3S. The van der Waals surface area contributed by atoms with Gasteiger partial charge in [0.15, 0.2) is 0 Å². The van der Waals surface area contributed by atoms with Crippen molar-refractivity contribution in [1.82, 2.24) is 4.31 Å². The maximum atomic E-state index is 12.9. The minimum atomic E-state index is -3.30. The van der Waals surface area contributed by atoms with Crippen LogP contribution in [0.4, 0.5) is 4.39 Å². The SMILES string of the molecule is CN(C)S(=O)(=O)[C@H]1CCOC[C@H]1Cc1ccc(F)cc1. The van der Waals surface area contributed by atoms with E-state index in [1.54, 1.807) is 26.2 Å². The molecule has 112 valence electrons. The van der Waals surface area contributed by atoms with Crippen LogP contribution < -0.4 is 0 Å². The Morgan fingerprint density at radius 2 is 1.95 bits per heavy atom. The summed E-state index contributed by atoms with van der Waals surface area (Å²) in [5.74, 6) is -0.382. The number of nitrogens with zero attached hydrogens (tertiary/aromatic N) is 1. The van der Waals surface area contributed by atoms with Gasteiger partial charge in [-0.2, -0.15) is 0 Å². The summed E-state index contributed by atoms with van der Waals surface area (Å²) in [4.78, 5) is 0. The van der Waals surface area contributed by atoms with Crippen LogP contribution in [0.1, 0.15) is 12.0 Å². The number of sulfonamides is 1. The van der Waals surface area contributed by atoms with Gasteiger partial charge in [0.2, 0.25) is 10.0 Å². The molecule has 0 N–H and O–H groups in total. The molecule has 0 saturated carbocycles. The molecule has 4 nitrogen and oxygen atoms in total. The minimum Gasteiger partial charge on any atom is -0.381 e. The van der Waals surface area contributed by atoms with Crippen molar-refractivity contribution in [2.24, 2.45) is 5.92 Å². The largest absolute Gasteiger partial charge is 0.381 e. The van der Waals surface area contributed by atoms with E-state index in [-0.39, 0.29) is 11.7 Å². The van der Waals surface area contributed by atoms with Crippen LogP contribution in [-0.2, 0) is 21.2 Å². The molecule has 1 fully saturated rings. The highest BCUT2D eigenvalue weighted by molar-refractivity contribution is 7.89. The lowest BCUT2D eigenvalue weighted by Gasteiger charge is -2.33. The molecule has 0 amide bonds. The molecule has 1 aromatic rings. The molecule has 1 aliphatic rings. The first-order chi connectivity index (χ1) is 9.41. The van der Waals surface area contributed by atoms with Crippen LogP contribution >= 0.6 is 0 Å². The Morgan fingerprint density at radius 1 is 1.30 bits per heavy atom. The lowest BCUT2D eigenvalue weighted by molar-refractivity contribution is 0.0563. The molecule has 20 heavy (non-hydrogen) atoms. The number of benzene rings is 1. The van der Waals surface area contributed by atoms with E-state index in [0.717, 1.165) is 5.56 Å². The Bertz CT molecular complexity index is 542. The summed E-state index contributed by atoms with van der Waals surface area (Å²) in [5, 5.41) is -0.434. The van der Waals surface area contributed by atoms with Crippen LogP contribution in [0, 0.1) is 11.7 Å². The van der Waals surface area contributed by atoms with Crippen LogP contribution in [-0.4, -0.2) is 45.3 Å². The van der Waals surface area contributed by atoms with Crippen molar-refractivity contribution in [3.63, 3.8) is 0 Å². The molecule has 0 spiro atoms. The third-order valence-electron chi connectivity index (χ3n) is 3.71. The van der Waals surface area contributed by atoms with Gasteiger partial charge in [-0.3, -0.25) is 0 Å². The number of rotatable bonds is 4. The van der Waals surface area contributed by atoms with Crippen LogP contribution in [0.3, 0.4) is 0 Å². The second-order valence-electron chi connectivity index (χ2n) is 5.32. The van der Waals surface area contributed by atoms with E-state index in [4.69, 9.17) is 4.74 Å². The quantitative estimate of drug-likeness (QED) is 0.850. The predicted octanol–water partition coefficient (Wildman–Crippen LogP) is 1.66. The van der Waals surface area contributed by atoms with E-state index in [9.17, 15) is 12.8 Å². The standard InChI is InChI=1S/C14H20FNO3S/c1-16(2)20(17,18)14-7-8-19-10-12(14)9-11-3-5-13(15)6-4-11/h3-6,12,14H,7-10H2,1-2H3/t12-,14+/m1/s1. The van der Waals surface area contributed by atoms with Gasteiger partial charge in [-0.25, -0.2) is 17.1 Å². The summed E-state index contributed by atoms with van der Waals surface area (Å²) >= 11 is 0. The van der Waals surface area contributed by atoms with Crippen LogP contribution in [0.2, 0.25) is 0 Å². The lowest BCUT2D eigenvalue weighted by atomic mass is 9.93. The van der Waals surface area contributed by atoms with Gasteiger partial charge in [-0.05, 0) is 30.5 Å². The van der Waals surface area contributed by atoms with E-state index in [1.807, 2.05) is 0 Å². The lowest BCUT2D eigenvalue weighted by Crippen LogP contribution is -2.44. The molecule has 2 rings (SSSR count). The Labute approximate surface area is 119 Å². The van der Waals surface area contributed by atoms with E-state index < -0.39 is 15.3 Å². The van der Waals surface area contributed by atoms with Gasteiger partial charge < -0.3 is 4.74 Å². The second-order valence-corrected chi connectivity index (χ2v) is 7.69. The van der Waals surface area contributed by atoms with Crippen molar-refractivity contribution >= 4 is 10.0 Å². The van der Waals surface area contributed by atoms with Crippen LogP contribution in [0.5, 0.6) is 0 Å². The molecule has 6 heteroatoms. The third-order valence-corrected chi connectivity index (χ3v) is 6.11. The maximum absolute atomic E-state index is 12.9. The fraction of sp³-hybridized carbons (Fsp3) is 0.571. The normalized spacial score (nSPS) is 24.0. The third kappa shape index (κ3) is 3.37. The summed E-state index contributed by atoms with van der Waals surface area (Å²) in [6.07, 6.45) is 1.09. The van der Waals surface area contributed by atoms with Crippen LogP contribution in [0.15, 0.2) is 24.3 Å². The molecule has 0 aromatic heterocycles. The molecule has 0 radical (unpaired) electrons. The summed E-state index contributed by atoms with van der Waals surface area (Å²) < 4.78 is 44.3. The number of ether oxygens (including phenoxy) is 1. The molecule has 0 unspecified atom stereocenters. The van der Waals surface area contributed by atoms with E-state index in [0.29, 0.717) is 26.1 Å². The van der Waals surface area contributed by atoms with Gasteiger partial charge >= 0.3 is 0 Å². The Balaban J connectivity index is 2.17. The predicted molar refractivity (Wildman–Crippen MR) is 75.4 cm³/mol. The zero-order valence-electron chi connectivity index (χ0n) is 11.8. The van der Waals surface area contributed by atoms with Crippen molar-refractivity contribution in [2.75, 3.05) is 27.3 Å². The van der Waals surface area contributed by atoms with Gasteiger partial charge in [-0.15, -0.1) is 0 Å². The van der Waals surface area contributed by atoms with Gasteiger partial charge in [0.1, 0.15) is 5.82 Å². The molecule has 2 atom stereocenters. The number of hydrogen-bond acceptors (Lipinski definition) is 3. The average molecular weight is 301 g/mol. The molecule has 1 aliphatic heterocycles. The number of hydrogen-bond donors (Lipinski definition) is 0. The second kappa shape index (κ2) is 6.20. The highest BCUT2D eigenvalue weighted by Crippen LogP contribution is 2.26. The van der Waals surface area contributed by atoms with Gasteiger partial charge in [0.05, 0.1) is 11.9 Å². The summed E-state index contributed by atoms with van der Waals surface area (Å²) in [6.45, 7) is 0.896. The summed E-state index contributed by atoms with van der Waals surface area (Å²) in [5.41, 5.74) is 0.931. The monoisotopic (exact) mass is 301 g/mol. The molecule has 1 aromatic carbocycles. The molecule has 0 bridgehead atoms. The van der Waals surface area contributed by atoms with Crippen molar-refractivity contribution in [1.29, 1.82) is 0 Å². The highest BCUT2D eigenvalue weighted by Gasteiger charge is 2.37. The van der Waals surface area contributed by atoms with Crippen LogP contribution in [0.25, 0.3) is 0 Å². The topological polar surface area (TPSA) is 46.6 Å². The van der Waals surface area contributed by atoms with Gasteiger partial charge in [0, 0.05) is 26.6 Å². The first kappa shape index (κ1) is 15.4. The molecule has 1 saturated heterocycles. The van der Waals surface area contributed by atoms with E-state index in [2.05, 4.69) is 0 Å². The van der Waals surface area contributed by atoms with Gasteiger partial charge in [-0.1, -0.05) is 12.1 Å². The van der Waals surface area contributed by atoms with Crippen molar-refractivity contribution < 1.29 is 17.5 Å². The zero-order chi connectivity index (χ0) is 14.8. The van der Waals surface area contributed by atoms with Crippen molar-refractivity contribution in [3.05, 3.63) is 35.6 Å². The van der Waals surface area contributed by atoms with E-state index >= 15 is 0 Å². The first-order valence-electron chi connectivity index (χ1n) is 6.65.